The third-order valence-corrected chi connectivity index (χ3v) is 3.99. The number of nitrogens with zero attached hydrogens (tertiary/aromatic N) is 2. The number of ether oxygens (including phenoxy) is 1. The molecule has 0 spiro atoms. The summed E-state index contributed by atoms with van der Waals surface area (Å²) < 4.78 is 49.0. The number of methoxy groups -OCH3 is 1. The summed E-state index contributed by atoms with van der Waals surface area (Å²) in [5, 5.41) is 16.8. The first-order valence-electron chi connectivity index (χ1n) is 6.48. The van der Waals surface area contributed by atoms with Gasteiger partial charge in [0.15, 0.2) is 16.5 Å². The van der Waals surface area contributed by atoms with E-state index in [2.05, 4.69) is 19.4 Å². The summed E-state index contributed by atoms with van der Waals surface area (Å²) in [4.78, 5) is 18.3. The number of nitrogens with one attached hydrogen (secondary N) is 1. The van der Waals surface area contributed by atoms with E-state index < -0.39 is 39.9 Å². The topological polar surface area (TPSA) is 148 Å². The summed E-state index contributed by atoms with van der Waals surface area (Å²) in [6.07, 6.45) is 1.89. The van der Waals surface area contributed by atoms with E-state index in [1.807, 2.05) is 4.72 Å². The van der Waals surface area contributed by atoms with Crippen LogP contribution in [0.1, 0.15) is 10.5 Å². The van der Waals surface area contributed by atoms with Crippen LogP contribution in [0.4, 0.5) is 10.1 Å². The quantitative estimate of drug-likeness (QED) is 0.454. The highest BCUT2D eigenvalue weighted by Gasteiger charge is 2.20. The molecule has 0 fully saturated rings. The van der Waals surface area contributed by atoms with Crippen LogP contribution in [0.2, 0.25) is 0 Å². The number of halogens is 1. The van der Waals surface area contributed by atoms with Gasteiger partial charge in [0.2, 0.25) is 0 Å². The van der Waals surface area contributed by atoms with Crippen molar-refractivity contribution in [3.05, 3.63) is 42.1 Å². The SMILES string of the molecule is COC(=O)c1ncc(NS(=O)(=O)c2ccc(OB(O)O)cn2)cc1F. The molecule has 0 amide bonds. The van der Waals surface area contributed by atoms with E-state index in [1.165, 1.54) is 0 Å². The van der Waals surface area contributed by atoms with Crippen molar-refractivity contribution in [2.45, 2.75) is 5.03 Å². The standard InChI is InChI=1S/C12H11BFN3O7S/c1-23-12(18)11-9(14)4-7(5-16-11)17-25(21,22)10-3-2-8(6-15-10)24-13(19)20/h2-6,17,19-20H,1H3. The van der Waals surface area contributed by atoms with Crippen LogP contribution in [-0.2, 0) is 14.8 Å². The zero-order valence-electron chi connectivity index (χ0n) is 12.6. The molecule has 3 N–H and O–H groups in total. The monoisotopic (exact) mass is 371 g/mol. The normalized spacial score (nSPS) is 10.9. The second-order valence-corrected chi connectivity index (χ2v) is 6.06. The number of hydrogen-bond acceptors (Lipinski definition) is 9. The van der Waals surface area contributed by atoms with E-state index >= 15 is 0 Å². The van der Waals surface area contributed by atoms with Gasteiger partial charge in [-0.05, 0) is 12.1 Å². The Morgan fingerprint density at radius 2 is 2.00 bits per heavy atom. The van der Waals surface area contributed by atoms with Crippen LogP contribution < -0.4 is 9.38 Å². The zero-order chi connectivity index (χ0) is 18.6. The molecule has 0 radical (unpaired) electrons. The van der Waals surface area contributed by atoms with Gasteiger partial charge in [0.1, 0.15) is 5.75 Å². The third-order valence-electron chi connectivity index (χ3n) is 2.70. The lowest BCUT2D eigenvalue weighted by molar-refractivity contribution is 0.0588. The van der Waals surface area contributed by atoms with Gasteiger partial charge in [-0.15, -0.1) is 0 Å². The minimum atomic E-state index is -4.18. The molecule has 0 aliphatic carbocycles. The fraction of sp³-hybridized carbons (Fsp3) is 0.0833. The van der Waals surface area contributed by atoms with Gasteiger partial charge < -0.3 is 19.4 Å². The number of carbonyl (C=O) groups is 1. The molecule has 0 aromatic carbocycles. The Bertz CT molecular complexity index is 877. The first-order chi connectivity index (χ1) is 11.7. The number of rotatable bonds is 6. The minimum Gasteiger partial charge on any atom is -0.511 e. The van der Waals surface area contributed by atoms with Crippen LogP contribution in [0.15, 0.2) is 35.6 Å². The van der Waals surface area contributed by atoms with Crippen LogP contribution in [0.5, 0.6) is 5.75 Å². The molecule has 0 saturated carbocycles. The van der Waals surface area contributed by atoms with Crippen molar-refractivity contribution in [2.75, 3.05) is 11.8 Å². The lowest BCUT2D eigenvalue weighted by Gasteiger charge is -2.09. The maximum absolute atomic E-state index is 13.8. The van der Waals surface area contributed by atoms with Gasteiger partial charge in [-0.3, -0.25) is 4.72 Å². The fourth-order valence-corrected chi connectivity index (χ4v) is 2.63. The van der Waals surface area contributed by atoms with Gasteiger partial charge in [-0.25, -0.2) is 19.2 Å². The first-order valence-corrected chi connectivity index (χ1v) is 7.97. The Morgan fingerprint density at radius 3 is 2.52 bits per heavy atom. The molecule has 10 nitrogen and oxygen atoms in total. The van der Waals surface area contributed by atoms with Crippen LogP contribution in [0, 0.1) is 5.82 Å². The molecule has 13 heteroatoms. The number of carbonyl (C=O) groups excluding carboxylic acids is 1. The minimum absolute atomic E-state index is 0.0795. The summed E-state index contributed by atoms with van der Waals surface area (Å²) in [5.74, 6) is -2.15. The van der Waals surface area contributed by atoms with Crippen molar-refractivity contribution >= 4 is 29.0 Å². The highest BCUT2D eigenvalue weighted by atomic mass is 32.2. The highest BCUT2D eigenvalue weighted by Crippen LogP contribution is 2.18. The molecule has 2 heterocycles. The predicted octanol–water partition coefficient (Wildman–Crippen LogP) is -0.449. The molecule has 0 bridgehead atoms. The van der Waals surface area contributed by atoms with E-state index in [0.717, 1.165) is 37.7 Å². The summed E-state index contributed by atoms with van der Waals surface area (Å²) in [6, 6.07) is 2.93. The van der Waals surface area contributed by atoms with E-state index in [9.17, 15) is 17.6 Å². The van der Waals surface area contributed by atoms with Crippen LogP contribution in [-0.4, -0.2) is 48.8 Å². The average Bonchev–Trinajstić information content (AvgIpc) is 2.54. The molecular formula is C12H11BFN3O7S. The molecule has 2 aromatic heterocycles. The molecule has 0 unspecified atom stereocenters. The van der Waals surface area contributed by atoms with Gasteiger partial charge in [0, 0.05) is 6.07 Å². The molecule has 25 heavy (non-hydrogen) atoms. The Labute approximate surface area is 141 Å². The summed E-state index contributed by atoms with van der Waals surface area (Å²) in [5.41, 5.74) is -0.828. The second kappa shape index (κ2) is 7.42. The maximum atomic E-state index is 13.8. The highest BCUT2D eigenvalue weighted by molar-refractivity contribution is 7.92. The number of aromatic nitrogens is 2. The Hall–Kier alpha value is -2.77. The number of pyridine rings is 2. The average molecular weight is 371 g/mol. The molecule has 0 saturated heterocycles. The molecule has 132 valence electrons. The zero-order valence-corrected chi connectivity index (χ0v) is 13.4. The number of hydrogen-bond donors (Lipinski definition) is 3. The van der Waals surface area contributed by atoms with Crippen molar-refractivity contribution in [1.29, 1.82) is 0 Å². The number of sulfonamides is 1. The second-order valence-electron chi connectivity index (χ2n) is 4.43. The van der Waals surface area contributed by atoms with Crippen LogP contribution >= 0.6 is 0 Å². The smallest absolute Gasteiger partial charge is 0.511 e. The number of esters is 1. The van der Waals surface area contributed by atoms with Crippen LogP contribution in [0.25, 0.3) is 0 Å². The Balaban J connectivity index is 2.21. The van der Waals surface area contributed by atoms with Gasteiger partial charge in [-0.2, -0.15) is 8.42 Å². The molecule has 0 aliphatic rings. The maximum Gasteiger partial charge on any atom is 0.707 e. The fourth-order valence-electron chi connectivity index (χ4n) is 1.67. The molecular weight excluding hydrogens is 360 g/mol. The first kappa shape index (κ1) is 18.6. The van der Waals surface area contributed by atoms with Gasteiger partial charge in [-0.1, -0.05) is 0 Å². The van der Waals surface area contributed by atoms with E-state index in [0.29, 0.717) is 0 Å². The van der Waals surface area contributed by atoms with Crippen LogP contribution in [0.3, 0.4) is 0 Å². The lowest BCUT2D eigenvalue weighted by Crippen LogP contribution is -2.21. The Morgan fingerprint density at radius 1 is 1.28 bits per heavy atom. The van der Waals surface area contributed by atoms with Crippen molar-refractivity contribution < 1.29 is 37.0 Å². The number of anilines is 1. The summed E-state index contributed by atoms with van der Waals surface area (Å²) in [7, 11) is -5.21. The molecule has 2 aromatic rings. The van der Waals surface area contributed by atoms with Crippen molar-refractivity contribution in [3.63, 3.8) is 0 Å². The Kier molecular flexibility index (Phi) is 5.51. The molecule has 2 rings (SSSR count). The van der Waals surface area contributed by atoms with E-state index in [-0.39, 0.29) is 11.4 Å². The molecule has 0 atom stereocenters. The summed E-state index contributed by atoms with van der Waals surface area (Å²) in [6.45, 7) is 0. The van der Waals surface area contributed by atoms with E-state index in [1.54, 1.807) is 0 Å². The predicted molar refractivity (Wildman–Crippen MR) is 81.4 cm³/mol. The van der Waals surface area contributed by atoms with Crippen molar-refractivity contribution in [3.8, 4) is 5.75 Å². The van der Waals surface area contributed by atoms with Crippen molar-refractivity contribution in [2.24, 2.45) is 0 Å². The third kappa shape index (κ3) is 4.62. The lowest BCUT2D eigenvalue weighted by atomic mass is 10.2. The van der Waals surface area contributed by atoms with Crippen molar-refractivity contribution in [1.82, 2.24) is 9.97 Å². The molecule has 0 aliphatic heterocycles. The largest absolute Gasteiger partial charge is 0.707 e. The van der Waals surface area contributed by atoms with Gasteiger partial charge in [0.05, 0.1) is 25.2 Å². The van der Waals surface area contributed by atoms with E-state index in [4.69, 9.17) is 10.0 Å². The van der Waals surface area contributed by atoms with Gasteiger partial charge in [0.25, 0.3) is 10.0 Å². The summed E-state index contributed by atoms with van der Waals surface area (Å²) >= 11 is 0. The van der Waals surface area contributed by atoms with Gasteiger partial charge >= 0.3 is 13.3 Å².